The van der Waals surface area contributed by atoms with E-state index in [1.807, 2.05) is 24.3 Å². The molecule has 0 spiro atoms. The number of nitrogens with zero attached hydrogens (tertiary/aromatic N) is 1. The Morgan fingerprint density at radius 3 is 2.42 bits per heavy atom. The largest absolute Gasteiger partial charge is 0.477 e. The molecule has 8 heteroatoms. The summed E-state index contributed by atoms with van der Waals surface area (Å²) in [6.45, 7) is 0. The monoisotopic (exact) mass is 522 g/mol. The number of para-hydroxylation sites is 2. The maximum atomic E-state index is 12.9. The first kappa shape index (κ1) is 22.5. The predicted octanol–water partition coefficient (Wildman–Crippen LogP) is 6.30. The van der Waals surface area contributed by atoms with E-state index < -0.39 is 11.9 Å². The lowest BCUT2D eigenvalue weighted by Crippen LogP contribution is -2.27. The molecule has 0 fully saturated rings. The number of pyridine rings is 1. The summed E-state index contributed by atoms with van der Waals surface area (Å²) < 4.78 is 6.63. The molecule has 4 rings (SSSR count). The molecule has 4 aromatic rings. The highest BCUT2D eigenvalue weighted by Gasteiger charge is 2.17. The van der Waals surface area contributed by atoms with Gasteiger partial charge < -0.3 is 15.2 Å². The number of rotatable bonds is 6. The third-order valence-corrected chi connectivity index (χ3v) is 5.51. The van der Waals surface area contributed by atoms with Crippen LogP contribution in [0.5, 0.6) is 11.5 Å². The molecule has 0 radical (unpaired) electrons. The van der Waals surface area contributed by atoms with Gasteiger partial charge in [0.2, 0.25) is 0 Å². The van der Waals surface area contributed by atoms with Gasteiger partial charge in [0.15, 0.2) is 0 Å². The first-order valence-corrected chi connectivity index (χ1v) is 10.9. The van der Waals surface area contributed by atoms with Crippen molar-refractivity contribution in [2.24, 2.45) is 0 Å². The number of fused-ring (bicyclic) bond motifs is 1. The van der Waals surface area contributed by atoms with Crippen molar-refractivity contribution in [1.82, 2.24) is 10.3 Å². The van der Waals surface area contributed by atoms with Crippen molar-refractivity contribution in [3.63, 3.8) is 0 Å². The van der Waals surface area contributed by atoms with Crippen molar-refractivity contribution in [2.45, 2.75) is 0 Å². The number of ether oxygens (including phenoxy) is 1. The second-order valence-electron chi connectivity index (χ2n) is 6.93. The van der Waals surface area contributed by atoms with Crippen LogP contribution in [0.3, 0.4) is 0 Å². The third kappa shape index (κ3) is 5.39. The summed E-state index contributed by atoms with van der Waals surface area (Å²) in [6, 6.07) is 22.6. The lowest BCUT2D eigenvalue weighted by atomic mass is 10.1. The van der Waals surface area contributed by atoms with Gasteiger partial charge in [-0.15, -0.1) is 0 Å². The van der Waals surface area contributed by atoms with Gasteiger partial charge in [-0.3, -0.25) is 4.79 Å². The molecule has 0 aliphatic carbocycles. The van der Waals surface area contributed by atoms with Gasteiger partial charge in [-0.2, -0.15) is 0 Å². The van der Waals surface area contributed by atoms with Gasteiger partial charge in [0.1, 0.15) is 22.3 Å². The number of aliphatic carboxylic acids is 1. The van der Waals surface area contributed by atoms with Gasteiger partial charge >= 0.3 is 5.97 Å². The topological polar surface area (TPSA) is 88.5 Å². The minimum Gasteiger partial charge on any atom is -0.477 e. The Labute approximate surface area is 202 Å². The predicted molar refractivity (Wildman–Crippen MR) is 130 cm³/mol. The third-order valence-electron chi connectivity index (χ3n) is 4.66. The van der Waals surface area contributed by atoms with E-state index in [0.717, 1.165) is 4.47 Å². The number of carboxylic acids is 1. The average Bonchev–Trinajstić information content (AvgIpc) is 2.80. The molecule has 0 bridgehead atoms. The summed E-state index contributed by atoms with van der Waals surface area (Å²) in [6.07, 6.45) is 1.37. The van der Waals surface area contributed by atoms with Crippen molar-refractivity contribution in [1.29, 1.82) is 0 Å². The fraction of sp³-hybridized carbons (Fsp3) is 0. The zero-order valence-electron chi connectivity index (χ0n) is 17.0. The van der Waals surface area contributed by atoms with Crippen LogP contribution in [0.1, 0.15) is 15.9 Å². The van der Waals surface area contributed by atoms with Crippen LogP contribution in [0.25, 0.3) is 17.0 Å². The molecule has 2 N–H and O–H groups in total. The van der Waals surface area contributed by atoms with Crippen LogP contribution in [0.15, 0.2) is 89.0 Å². The summed E-state index contributed by atoms with van der Waals surface area (Å²) in [4.78, 5) is 28.9. The molecule has 33 heavy (non-hydrogen) atoms. The van der Waals surface area contributed by atoms with Gasteiger partial charge in [0.25, 0.3) is 5.91 Å². The lowest BCUT2D eigenvalue weighted by Gasteiger charge is -2.10. The zero-order valence-corrected chi connectivity index (χ0v) is 19.3. The molecule has 1 heterocycles. The minimum atomic E-state index is -1.28. The summed E-state index contributed by atoms with van der Waals surface area (Å²) in [5, 5.41) is 12.8. The standard InChI is InChI=1S/C25H16BrClN2O4/c26-19-6-2-4-8-22(19)33-16-11-9-15(10-12-16)13-21(25(31)32)29-24(30)18-14-23(27)28-20-7-3-1-5-17(18)20/h1-14H,(H,29,30)(H,31,32)/b21-13-. The number of halogens is 2. The molecule has 3 aromatic carbocycles. The number of aromatic nitrogens is 1. The van der Waals surface area contributed by atoms with Crippen LogP contribution < -0.4 is 10.1 Å². The molecule has 0 saturated carbocycles. The minimum absolute atomic E-state index is 0.139. The van der Waals surface area contributed by atoms with Gasteiger partial charge in [0.05, 0.1) is 15.6 Å². The van der Waals surface area contributed by atoms with Gasteiger partial charge in [-0.1, -0.05) is 54.1 Å². The van der Waals surface area contributed by atoms with E-state index in [2.05, 4.69) is 26.2 Å². The first-order valence-electron chi connectivity index (χ1n) is 9.75. The number of carbonyl (C=O) groups excluding carboxylic acids is 1. The van der Waals surface area contributed by atoms with Crippen molar-refractivity contribution in [3.8, 4) is 11.5 Å². The van der Waals surface area contributed by atoms with E-state index >= 15 is 0 Å². The quantitative estimate of drug-likeness (QED) is 0.229. The summed E-state index contributed by atoms with van der Waals surface area (Å²) in [5.74, 6) is -0.639. The Bertz CT molecular complexity index is 1390. The maximum absolute atomic E-state index is 12.9. The Morgan fingerprint density at radius 2 is 1.70 bits per heavy atom. The number of carbonyl (C=O) groups is 2. The first-order chi connectivity index (χ1) is 15.9. The van der Waals surface area contributed by atoms with Gasteiger partial charge in [0, 0.05) is 5.39 Å². The molecular weight excluding hydrogens is 508 g/mol. The zero-order chi connectivity index (χ0) is 23.4. The number of hydrogen-bond acceptors (Lipinski definition) is 4. The number of nitrogens with one attached hydrogen (secondary N) is 1. The highest BCUT2D eigenvalue weighted by Crippen LogP contribution is 2.29. The van der Waals surface area contributed by atoms with E-state index in [9.17, 15) is 14.7 Å². The van der Waals surface area contributed by atoms with E-state index in [4.69, 9.17) is 16.3 Å². The highest BCUT2D eigenvalue weighted by molar-refractivity contribution is 9.10. The fourth-order valence-corrected chi connectivity index (χ4v) is 3.69. The van der Waals surface area contributed by atoms with Crippen molar-refractivity contribution in [2.75, 3.05) is 0 Å². The van der Waals surface area contributed by atoms with Crippen molar-refractivity contribution in [3.05, 3.63) is 105 Å². The van der Waals surface area contributed by atoms with Gasteiger partial charge in [-0.05, 0) is 64.0 Å². The molecule has 1 amide bonds. The molecular formula is C25H16BrClN2O4. The average molecular weight is 524 g/mol. The fourth-order valence-electron chi connectivity index (χ4n) is 3.13. The normalized spacial score (nSPS) is 11.3. The van der Waals surface area contributed by atoms with Crippen LogP contribution in [-0.4, -0.2) is 22.0 Å². The number of carboxylic acid groups (broad SMARTS) is 1. The van der Waals surface area contributed by atoms with Crippen LogP contribution in [0.2, 0.25) is 5.15 Å². The molecule has 1 aromatic heterocycles. The SMILES string of the molecule is O=C(O)/C(=C/c1ccc(Oc2ccccc2Br)cc1)NC(=O)c1cc(Cl)nc2ccccc12. The van der Waals surface area contributed by atoms with E-state index in [1.54, 1.807) is 48.5 Å². The number of hydrogen-bond donors (Lipinski definition) is 2. The van der Waals surface area contributed by atoms with E-state index in [-0.39, 0.29) is 16.4 Å². The summed E-state index contributed by atoms with van der Waals surface area (Å²) >= 11 is 9.47. The van der Waals surface area contributed by atoms with Crippen molar-refractivity contribution >= 4 is 56.4 Å². The second kappa shape index (κ2) is 9.85. The smallest absolute Gasteiger partial charge is 0.352 e. The Balaban J connectivity index is 1.57. The van der Waals surface area contributed by atoms with E-state index in [0.29, 0.717) is 28.0 Å². The van der Waals surface area contributed by atoms with Crippen LogP contribution in [-0.2, 0) is 4.79 Å². The molecule has 0 saturated heterocycles. The molecule has 6 nitrogen and oxygen atoms in total. The van der Waals surface area contributed by atoms with Crippen molar-refractivity contribution < 1.29 is 19.4 Å². The highest BCUT2D eigenvalue weighted by atomic mass is 79.9. The number of amides is 1. The molecule has 0 atom stereocenters. The van der Waals surface area contributed by atoms with Gasteiger partial charge in [-0.25, -0.2) is 9.78 Å². The Hall–Kier alpha value is -3.68. The van der Waals surface area contributed by atoms with Crippen LogP contribution >= 0.6 is 27.5 Å². The van der Waals surface area contributed by atoms with Crippen LogP contribution in [0, 0.1) is 0 Å². The Morgan fingerprint density at radius 1 is 1.00 bits per heavy atom. The Kier molecular flexibility index (Phi) is 6.72. The molecule has 0 aliphatic heterocycles. The van der Waals surface area contributed by atoms with E-state index in [1.165, 1.54) is 12.1 Å². The lowest BCUT2D eigenvalue weighted by molar-refractivity contribution is -0.132. The second-order valence-corrected chi connectivity index (χ2v) is 8.17. The molecule has 164 valence electrons. The summed E-state index contributed by atoms with van der Waals surface area (Å²) in [7, 11) is 0. The number of benzene rings is 3. The summed E-state index contributed by atoms with van der Waals surface area (Å²) in [5.41, 5.74) is 1.06. The molecule has 0 unspecified atom stereocenters. The maximum Gasteiger partial charge on any atom is 0.352 e. The molecule has 0 aliphatic rings. The van der Waals surface area contributed by atoms with Crippen LogP contribution in [0.4, 0.5) is 0 Å².